The fourth-order valence-corrected chi connectivity index (χ4v) is 6.25. The maximum absolute atomic E-state index is 9.67. The van der Waals surface area contributed by atoms with E-state index in [9.17, 15) is 10.5 Å². The van der Waals surface area contributed by atoms with E-state index in [0.29, 0.717) is 6.54 Å². The fraction of sp³-hybridized carbons (Fsp3) is 0.448. The van der Waals surface area contributed by atoms with Crippen LogP contribution in [0.3, 0.4) is 0 Å². The van der Waals surface area contributed by atoms with Crippen molar-refractivity contribution in [3.63, 3.8) is 0 Å². The number of fused-ring (bicyclic) bond motifs is 1. The van der Waals surface area contributed by atoms with Crippen LogP contribution in [0.15, 0.2) is 53.9 Å². The summed E-state index contributed by atoms with van der Waals surface area (Å²) in [4.78, 5) is 6.86. The molecule has 0 bridgehead atoms. The zero-order valence-electron chi connectivity index (χ0n) is 21.2. The molecule has 3 heterocycles. The molecule has 3 aliphatic rings. The zero-order chi connectivity index (χ0) is 25.5. The van der Waals surface area contributed by atoms with Gasteiger partial charge in [-0.25, -0.2) is 0 Å². The fourth-order valence-electron chi connectivity index (χ4n) is 5.35. The first-order valence-electron chi connectivity index (χ1n) is 13.0. The van der Waals surface area contributed by atoms with Gasteiger partial charge in [-0.1, -0.05) is 42.8 Å². The summed E-state index contributed by atoms with van der Waals surface area (Å²) in [5.41, 5.74) is 3.92. The van der Waals surface area contributed by atoms with Gasteiger partial charge in [0.05, 0.1) is 0 Å². The molecule has 192 valence electrons. The van der Waals surface area contributed by atoms with Gasteiger partial charge in [0.15, 0.2) is 17.1 Å². The van der Waals surface area contributed by atoms with E-state index in [1.165, 1.54) is 43.5 Å². The number of nitrogens with zero attached hydrogens (tertiary/aromatic N) is 5. The molecule has 2 aromatic carbocycles. The van der Waals surface area contributed by atoms with E-state index >= 15 is 0 Å². The number of rotatable bonds is 9. The lowest BCUT2D eigenvalue weighted by molar-refractivity contribution is 0.172. The lowest BCUT2D eigenvalue weighted by atomic mass is 10.1. The smallest absolute Gasteiger partial charge is 0.231 e. The third-order valence-electron chi connectivity index (χ3n) is 7.15. The Morgan fingerprint density at radius 1 is 0.865 bits per heavy atom. The molecule has 0 aliphatic carbocycles. The van der Waals surface area contributed by atoms with Crippen LogP contribution < -0.4 is 9.47 Å². The summed E-state index contributed by atoms with van der Waals surface area (Å²) in [6.45, 7) is 6.61. The monoisotopic (exact) mass is 515 g/mol. The predicted octanol–water partition coefficient (Wildman–Crippen LogP) is 4.71. The SMILES string of the molecule is N#CC(C#N)=C1N(CCSCc2cccc(CN3CCCCC3)c2)CCN1Cc1cccc2c1OCO2. The van der Waals surface area contributed by atoms with Crippen LogP contribution in [-0.4, -0.2) is 60.0 Å². The normalized spacial score (nSPS) is 17.1. The second kappa shape index (κ2) is 12.3. The Bertz CT molecular complexity index is 1200. The number of thioether (sulfide) groups is 1. The molecule has 2 saturated heterocycles. The standard InChI is InChI=1S/C29H33N5O2S/c30-17-26(18-31)29-33(12-13-34(29)20-25-8-5-9-27-28(25)36-22-35-27)14-15-37-21-24-7-4-6-23(16-24)19-32-10-2-1-3-11-32/h4-9,16H,1-3,10-15,19-22H2. The van der Waals surface area contributed by atoms with Gasteiger partial charge in [0, 0.05) is 49.8 Å². The van der Waals surface area contributed by atoms with E-state index in [1.54, 1.807) is 0 Å². The van der Waals surface area contributed by atoms with Crippen molar-refractivity contribution in [3.05, 3.63) is 70.5 Å². The van der Waals surface area contributed by atoms with Crippen molar-refractivity contribution in [2.75, 3.05) is 45.3 Å². The number of hydrogen-bond donors (Lipinski definition) is 0. The number of para-hydroxylation sites is 1. The first kappa shape index (κ1) is 25.3. The Hall–Kier alpha value is -3.33. The Morgan fingerprint density at radius 3 is 2.49 bits per heavy atom. The Labute approximate surface area is 223 Å². The van der Waals surface area contributed by atoms with E-state index in [0.717, 1.165) is 60.6 Å². The first-order valence-corrected chi connectivity index (χ1v) is 14.2. The number of likely N-dealkylation sites (tertiary alicyclic amines) is 1. The number of benzene rings is 2. The Kier molecular flexibility index (Phi) is 8.40. The van der Waals surface area contributed by atoms with E-state index in [4.69, 9.17) is 9.47 Å². The highest BCUT2D eigenvalue weighted by Crippen LogP contribution is 2.37. The molecule has 5 rings (SSSR count). The summed E-state index contributed by atoms with van der Waals surface area (Å²) in [5.74, 6) is 4.12. The van der Waals surface area contributed by atoms with Crippen molar-refractivity contribution >= 4 is 11.8 Å². The number of ether oxygens (including phenoxy) is 2. The van der Waals surface area contributed by atoms with Crippen molar-refractivity contribution in [2.24, 2.45) is 0 Å². The largest absolute Gasteiger partial charge is 0.454 e. The van der Waals surface area contributed by atoms with Crippen molar-refractivity contribution in [2.45, 2.75) is 38.1 Å². The van der Waals surface area contributed by atoms with Gasteiger partial charge < -0.3 is 19.3 Å². The maximum atomic E-state index is 9.67. The summed E-state index contributed by atoms with van der Waals surface area (Å²) in [5, 5.41) is 19.3. The molecule has 37 heavy (non-hydrogen) atoms. The molecule has 8 heteroatoms. The molecule has 7 nitrogen and oxygen atoms in total. The predicted molar refractivity (Wildman–Crippen MR) is 145 cm³/mol. The second-order valence-electron chi connectivity index (χ2n) is 9.69. The van der Waals surface area contributed by atoms with Gasteiger partial charge in [-0.05, 0) is 43.1 Å². The van der Waals surface area contributed by atoms with Gasteiger partial charge in [0.2, 0.25) is 6.79 Å². The minimum atomic E-state index is 0.164. The first-order chi connectivity index (χ1) is 18.2. The summed E-state index contributed by atoms with van der Waals surface area (Å²) in [7, 11) is 0. The van der Waals surface area contributed by atoms with E-state index < -0.39 is 0 Å². The van der Waals surface area contributed by atoms with Crippen LogP contribution in [0.4, 0.5) is 0 Å². The van der Waals surface area contributed by atoms with Crippen LogP contribution in [0.25, 0.3) is 0 Å². The molecule has 3 aliphatic heterocycles. The van der Waals surface area contributed by atoms with Crippen LogP contribution in [0.2, 0.25) is 0 Å². The van der Waals surface area contributed by atoms with Gasteiger partial charge >= 0.3 is 0 Å². The summed E-state index contributed by atoms with van der Waals surface area (Å²) < 4.78 is 11.2. The average Bonchev–Trinajstić information content (AvgIpc) is 3.57. The third kappa shape index (κ3) is 6.15. The van der Waals surface area contributed by atoms with E-state index in [1.807, 2.05) is 30.0 Å². The van der Waals surface area contributed by atoms with Crippen LogP contribution in [0.1, 0.15) is 36.0 Å². The highest BCUT2D eigenvalue weighted by molar-refractivity contribution is 7.98. The van der Waals surface area contributed by atoms with Crippen LogP contribution in [-0.2, 0) is 18.8 Å². The molecule has 2 aromatic rings. The summed E-state index contributed by atoms with van der Waals surface area (Å²) >= 11 is 1.90. The van der Waals surface area contributed by atoms with Crippen molar-refractivity contribution < 1.29 is 9.47 Å². The van der Waals surface area contributed by atoms with Crippen molar-refractivity contribution in [1.82, 2.24) is 14.7 Å². The summed E-state index contributed by atoms with van der Waals surface area (Å²) in [6, 6.07) is 19.1. The second-order valence-corrected chi connectivity index (χ2v) is 10.8. The van der Waals surface area contributed by atoms with Gasteiger partial charge in [0.1, 0.15) is 18.0 Å². The maximum Gasteiger partial charge on any atom is 0.231 e. The topological polar surface area (TPSA) is 75.8 Å². The van der Waals surface area contributed by atoms with Crippen molar-refractivity contribution in [1.29, 1.82) is 10.5 Å². The van der Waals surface area contributed by atoms with Crippen LogP contribution >= 0.6 is 11.8 Å². The number of allylic oxidation sites excluding steroid dienone is 1. The van der Waals surface area contributed by atoms with Gasteiger partial charge in [-0.15, -0.1) is 0 Å². The van der Waals surface area contributed by atoms with Crippen LogP contribution in [0.5, 0.6) is 11.5 Å². The molecule has 0 amide bonds. The number of nitriles is 2. The molecule has 0 saturated carbocycles. The Balaban J connectivity index is 1.17. The van der Waals surface area contributed by atoms with Gasteiger partial charge in [-0.2, -0.15) is 22.3 Å². The average molecular weight is 516 g/mol. The molecule has 0 radical (unpaired) electrons. The highest BCUT2D eigenvalue weighted by atomic mass is 32.2. The molecular formula is C29H33N5O2S. The minimum Gasteiger partial charge on any atom is -0.454 e. The molecule has 0 N–H and O–H groups in total. The molecule has 0 spiro atoms. The van der Waals surface area contributed by atoms with Crippen molar-refractivity contribution in [3.8, 4) is 23.6 Å². The molecule has 2 fully saturated rings. The lowest BCUT2D eigenvalue weighted by Gasteiger charge is -2.26. The Morgan fingerprint density at radius 2 is 1.65 bits per heavy atom. The molecular weight excluding hydrogens is 482 g/mol. The minimum absolute atomic E-state index is 0.164. The third-order valence-corrected chi connectivity index (χ3v) is 8.15. The molecule has 0 atom stereocenters. The lowest BCUT2D eigenvalue weighted by Crippen LogP contribution is -2.29. The number of hydrogen-bond acceptors (Lipinski definition) is 8. The van der Waals surface area contributed by atoms with E-state index in [2.05, 4.69) is 51.1 Å². The zero-order valence-corrected chi connectivity index (χ0v) is 22.0. The molecule has 0 unspecified atom stereocenters. The van der Waals surface area contributed by atoms with Gasteiger partial charge in [-0.3, -0.25) is 4.90 Å². The van der Waals surface area contributed by atoms with Crippen LogP contribution in [0, 0.1) is 22.7 Å². The summed E-state index contributed by atoms with van der Waals surface area (Å²) in [6.07, 6.45) is 3.99. The molecule has 0 aromatic heterocycles. The highest BCUT2D eigenvalue weighted by Gasteiger charge is 2.30. The quantitative estimate of drug-likeness (QED) is 0.351. The van der Waals surface area contributed by atoms with E-state index in [-0.39, 0.29) is 12.4 Å². The van der Waals surface area contributed by atoms with Gasteiger partial charge in [0.25, 0.3) is 0 Å². The number of piperidine rings is 1.